The maximum Gasteiger partial charge on any atom is 0.261 e. The number of methoxy groups -OCH3 is 1. The Kier molecular flexibility index (Phi) is 6.66. The van der Waals surface area contributed by atoms with E-state index in [0.717, 1.165) is 0 Å². The third-order valence-electron chi connectivity index (χ3n) is 3.48. The van der Waals surface area contributed by atoms with Crippen molar-refractivity contribution in [3.05, 3.63) is 52.5 Å². The van der Waals surface area contributed by atoms with Gasteiger partial charge in [-0.2, -0.15) is 0 Å². The topological polar surface area (TPSA) is 84.5 Å². The molecule has 0 aliphatic rings. The summed E-state index contributed by atoms with van der Waals surface area (Å²) in [5, 5.41) is 2.77. The lowest BCUT2D eigenvalue weighted by Gasteiger charge is -2.12. The van der Waals surface area contributed by atoms with E-state index in [-0.39, 0.29) is 10.8 Å². The quantitative estimate of drug-likeness (QED) is 0.687. The maximum absolute atomic E-state index is 12.6. The number of amides is 1. The molecule has 1 amide bonds. The number of hydrogen-bond acceptors (Lipinski definition) is 4. The van der Waals surface area contributed by atoms with E-state index in [9.17, 15) is 13.2 Å². The van der Waals surface area contributed by atoms with Gasteiger partial charge in [-0.1, -0.05) is 19.9 Å². The molecule has 0 saturated carbocycles. The molecule has 2 aromatic rings. The lowest BCUT2D eigenvalue weighted by atomic mass is 10.2. The minimum Gasteiger partial charge on any atom is -0.496 e. The Labute approximate surface area is 162 Å². The molecular formula is C18H21BrN2O4S. The highest BCUT2D eigenvalue weighted by molar-refractivity contribution is 9.10. The summed E-state index contributed by atoms with van der Waals surface area (Å²) in [4.78, 5) is 12.2. The Bertz CT molecular complexity index is 898. The number of ether oxygens (including phenoxy) is 1. The fourth-order valence-electron chi connectivity index (χ4n) is 2.15. The number of anilines is 1. The van der Waals surface area contributed by atoms with Gasteiger partial charge in [0.05, 0.1) is 22.2 Å². The molecule has 0 spiro atoms. The number of nitrogens with one attached hydrogen (secondary N) is 2. The second kappa shape index (κ2) is 8.55. The van der Waals surface area contributed by atoms with Gasteiger partial charge in [0, 0.05) is 12.1 Å². The fourth-order valence-corrected chi connectivity index (χ4v) is 3.78. The highest BCUT2D eigenvalue weighted by atomic mass is 79.9. The second-order valence-corrected chi connectivity index (χ2v) is 8.62. The zero-order valence-corrected chi connectivity index (χ0v) is 17.1. The van der Waals surface area contributed by atoms with Gasteiger partial charge in [0.15, 0.2) is 0 Å². The molecule has 0 aliphatic heterocycles. The van der Waals surface area contributed by atoms with Crippen molar-refractivity contribution >= 4 is 37.5 Å². The number of hydrogen-bond donors (Lipinski definition) is 2. The van der Waals surface area contributed by atoms with E-state index in [4.69, 9.17) is 4.74 Å². The third kappa shape index (κ3) is 5.22. The first-order chi connectivity index (χ1) is 12.2. The van der Waals surface area contributed by atoms with Crippen molar-refractivity contribution in [2.24, 2.45) is 5.92 Å². The average molecular weight is 441 g/mol. The monoisotopic (exact) mass is 440 g/mol. The van der Waals surface area contributed by atoms with E-state index in [2.05, 4.69) is 26.0 Å². The summed E-state index contributed by atoms with van der Waals surface area (Å²) in [6, 6.07) is 10.8. The van der Waals surface area contributed by atoms with Gasteiger partial charge in [-0.15, -0.1) is 0 Å². The molecule has 2 N–H and O–H groups in total. The predicted molar refractivity (Wildman–Crippen MR) is 105 cm³/mol. The van der Waals surface area contributed by atoms with Gasteiger partial charge in [0.1, 0.15) is 5.75 Å². The first-order valence-electron chi connectivity index (χ1n) is 7.97. The van der Waals surface area contributed by atoms with Gasteiger partial charge in [-0.05, 0) is 58.2 Å². The zero-order chi connectivity index (χ0) is 19.3. The largest absolute Gasteiger partial charge is 0.496 e. The van der Waals surface area contributed by atoms with Crippen molar-refractivity contribution < 1.29 is 17.9 Å². The minimum atomic E-state index is -3.83. The summed E-state index contributed by atoms with van der Waals surface area (Å²) >= 11 is 3.32. The van der Waals surface area contributed by atoms with E-state index in [1.165, 1.54) is 19.2 Å². The van der Waals surface area contributed by atoms with Gasteiger partial charge in [-0.3, -0.25) is 9.52 Å². The molecule has 2 aromatic carbocycles. The highest BCUT2D eigenvalue weighted by Gasteiger charge is 2.17. The normalized spacial score (nSPS) is 11.3. The van der Waals surface area contributed by atoms with Crippen LogP contribution in [0.15, 0.2) is 51.8 Å². The second-order valence-electron chi connectivity index (χ2n) is 6.09. The van der Waals surface area contributed by atoms with Crippen LogP contribution in [0.25, 0.3) is 0 Å². The van der Waals surface area contributed by atoms with Crippen LogP contribution in [0.3, 0.4) is 0 Å². The van der Waals surface area contributed by atoms with E-state index >= 15 is 0 Å². The Morgan fingerprint density at radius 2 is 1.92 bits per heavy atom. The van der Waals surface area contributed by atoms with Gasteiger partial charge in [-0.25, -0.2) is 8.42 Å². The molecule has 0 aromatic heterocycles. The van der Waals surface area contributed by atoms with Crippen LogP contribution in [0.2, 0.25) is 0 Å². The molecule has 0 bridgehead atoms. The summed E-state index contributed by atoms with van der Waals surface area (Å²) in [7, 11) is -2.30. The highest BCUT2D eigenvalue weighted by Crippen LogP contribution is 2.29. The Morgan fingerprint density at radius 3 is 2.54 bits per heavy atom. The number of halogens is 1. The van der Waals surface area contributed by atoms with Gasteiger partial charge in [0.25, 0.3) is 15.9 Å². The molecule has 0 aliphatic carbocycles. The standard InChI is InChI=1S/C18H21BrN2O4S/c1-12(2)11-20-18(22)13-5-4-6-15(9-13)26(23,24)21-14-7-8-17(25-3)16(19)10-14/h4-10,12,21H,11H2,1-3H3,(H,20,22). The fraction of sp³-hybridized carbons (Fsp3) is 0.278. The van der Waals surface area contributed by atoms with E-state index in [1.54, 1.807) is 30.3 Å². The summed E-state index contributed by atoms with van der Waals surface area (Å²) in [5.41, 5.74) is 0.678. The van der Waals surface area contributed by atoms with Crippen molar-refractivity contribution in [3.8, 4) is 5.75 Å². The smallest absolute Gasteiger partial charge is 0.261 e. The molecule has 26 heavy (non-hydrogen) atoms. The van der Waals surface area contributed by atoms with Gasteiger partial charge in [0.2, 0.25) is 0 Å². The van der Waals surface area contributed by atoms with Crippen molar-refractivity contribution in [1.82, 2.24) is 5.32 Å². The number of benzene rings is 2. The molecule has 6 nitrogen and oxygen atoms in total. The lowest BCUT2D eigenvalue weighted by molar-refractivity contribution is 0.0949. The molecule has 0 unspecified atom stereocenters. The molecule has 0 radical (unpaired) electrons. The Hall–Kier alpha value is -2.06. The number of rotatable bonds is 7. The predicted octanol–water partition coefficient (Wildman–Crippen LogP) is 3.64. The van der Waals surface area contributed by atoms with Crippen LogP contribution < -0.4 is 14.8 Å². The molecule has 0 fully saturated rings. The molecule has 0 heterocycles. The molecule has 8 heteroatoms. The Balaban J connectivity index is 2.22. The van der Waals surface area contributed by atoms with Crippen LogP contribution in [-0.4, -0.2) is 28.0 Å². The van der Waals surface area contributed by atoms with Crippen LogP contribution in [0.1, 0.15) is 24.2 Å². The van der Waals surface area contributed by atoms with Crippen LogP contribution in [0.5, 0.6) is 5.75 Å². The first-order valence-corrected chi connectivity index (χ1v) is 10.2. The van der Waals surface area contributed by atoms with Crippen LogP contribution in [0, 0.1) is 5.92 Å². The van der Waals surface area contributed by atoms with E-state index in [0.29, 0.717) is 33.9 Å². The SMILES string of the molecule is COc1ccc(NS(=O)(=O)c2cccc(C(=O)NCC(C)C)c2)cc1Br. The van der Waals surface area contributed by atoms with E-state index < -0.39 is 10.0 Å². The number of carbonyl (C=O) groups is 1. The summed E-state index contributed by atoms with van der Waals surface area (Å²) in [6.45, 7) is 4.49. The van der Waals surface area contributed by atoms with Crippen molar-refractivity contribution in [3.63, 3.8) is 0 Å². The molecule has 0 saturated heterocycles. The number of carbonyl (C=O) groups excluding carboxylic acids is 1. The zero-order valence-electron chi connectivity index (χ0n) is 14.7. The summed E-state index contributed by atoms with van der Waals surface area (Å²) in [6.07, 6.45) is 0. The third-order valence-corrected chi connectivity index (χ3v) is 5.48. The first kappa shape index (κ1) is 20.3. The maximum atomic E-state index is 12.6. The number of sulfonamides is 1. The molecule has 140 valence electrons. The summed E-state index contributed by atoms with van der Waals surface area (Å²) in [5.74, 6) is 0.598. The van der Waals surface area contributed by atoms with Gasteiger partial charge < -0.3 is 10.1 Å². The van der Waals surface area contributed by atoms with Crippen LogP contribution >= 0.6 is 15.9 Å². The molecule has 2 rings (SSSR count). The Morgan fingerprint density at radius 1 is 1.19 bits per heavy atom. The van der Waals surface area contributed by atoms with Crippen LogP contribution in [0.4, 0.5) is 5.69 Å². The van der Waals surface area contributed by atoms with Crippen molar-refractivity contribution in [1.29, 1.82) is 0 Å². The van der Waals surface area contributed by atoms with Crippen molar-refractivity contribution in [2.45, 2.75) is 18.7 Å². The summed E-state index contributed by atoms with van der Waals surface area (Å²) < 4.78 is 33.5. The van der Waals surface area contributed by atoms with E-state index in [1.807, 2.05) is 13.8 Å². The van der Waals surface area contributed by atoms with Crippen LogP contribution in [-0.2, 0) is 10.0 Å². The lowest BCUT2D eigenvalue weighted by Crippen LogP contribution is -2.27. The minimum absolute atomic E-state index is 0.0154. The molecular weight excluding hydrogens is 420 g/mol. The average Bonchev–Trinajstić information content (AvgIpc) is 2.59. The van der Waals surface area contributed by atoms with Gasteiger partial charge >= 0.3 is 0 Å². The molecule has 0 atom stereocenters. The van der Waals surface area contributed by atoms with Crippen molar-refractivity contribution in [2.75, 3.05) is 18.4 Å².